The van der Waals surface area contributed by atoms with Crippen LogP contribution < -0.4 is 5.32 Å². The molecule has 1 N–H and O–H groups in total. The zero-order valence-corrected chi connectivity index (χ0v) is 19.1. The van der Waals surface area contributed by atoms with Crippen LogP contribution in [0.4, 0.5) is 5.82 Å². The standard InChI is InChI=1S/C24H29ClN4S/c1-29(14-13-16-5-2-3-7-20(16)25)18-11-9-17(10-12-18)28-23-22-19-6-4-8-21(19)30-24(22)27-15-26-23/h2-3,5,7,15,17-18H,4,6,8-14H2,1H3,(H,26,27,28)/t17-,18-. The summed E-state index contributed by atoms with van der Waals surface area (Å²) in [5.74, 6) is 1.06. The van der Waals surface area contributed by atoms with E-state index in [1.165, 1.54) is 66.3 Å². The molecule has 5 rings (SSSR count). The van der Waals surface area contributed by atoms with Gasteiger partial charge in [0.15, 0.2) is 0 Å². The molecule has 2 aliphatic rings. The van der Waals surface area contributed by atoms with Crippen LogP contribution in [-0.4, -0.2) is 40.5 Å². The van der Waals surface area contributed by atoms with Crippen LogP contribution >= 0.6 is 22.9 Å². The van der Waals surface area contributed by atoms with Gasteiger partial charge in [0.25, 0.3) is 0 Å². The van der Waals surface area contributed by atoms with Crippen molar-refractivity contribution in [1.29, 1.82) is 0 Å². The zero-order chi connectivity index (χ0) is 20.5. The minimum atomic E-state index is 0.508. The van der Waals surface area contributed by atoms with Crippen molar-refractivity contribution in [2.75, 3.05) is 18.9 Å². The van der Waals surface area contributed by atoms with Crippen molar-refractivity contribution in [3.63, 3.8) is 0 Å². The van der Waals surface area contributed by atoms with Gasteiger partial charge in [-0.1, -0.05) is 29.8 Å². The number of benzene rings is 1. The Hall–Kier alpha value is -1.69. The maximum atomic E-state index is 6.32. The van der Waals surface area contributed by atoms with E-state index in [1.54, 1.807) is 6.33 Å². The monoisotopic (exact) mass is 440 g/mol. The summed E-state index contributed by atoms with van der Waals surface area (Å²) in [6.07, 6.45) is 11.2. The van der Waals surface area contributed by atoms with E-state index in [-0.39, 0.29) is 0 Å². The van der Waals surface area contributed by atoms with Crippen molar-refractivity contribution in [2.24, 2.45) is 0 Å². The van der Waals surface area contributed by atoms with Gasteiger partial charge < -0.3 is 10.2 Å². The Morgan fingerprint density at radius 2 is 1.97 bits per heavy atom. The van der Waals surface area contributed by atoms with Crippen molar-refractivity contribution in [1.82, 2.24) is 14.9 Å². The molecule has 1 saturated carbocycles. The summed E-state index contributed by atoms with van der Waals surface area (Å²) >= 11 is 8.19. The molecule has 0 atom stereocenters. The van der Waals surface area contributed by atoms with Crippen molar-refractivity contribution < 1.29 is 0 Å². The summed E-state index contributed by atoms with van der Waals surface area (Å²) in [4.78, 5) is 14.4. The largest absolute Gasteiger partial charge is 0.367 e. The molecular formula is C24H29ClN4S. The van der Waals surface area contributed by atoms with E-state index in [2.05, 4.69) is 39.4 Å². The first-order valence-corrected chi connectivity index (χ1v) is 12.3. The van der Waals surface area contributed by atoms with Gasteiger partial charge in [0.1, 0.15) is 17.0 Å². The maximum absolute atomic E-state index is 6.32. The molecular weight excluding hydrogens is 412 g/mol. The van der Waals surface area contributed by atoms with Gasteiger partial charge in [-0.3, -0.25) is 0 Å². The number of aryl methyl sites for hydroxylation is 2. The summed E-state index contributed by atoms with van der Waals surface area (Å²) in [6, 6.07) is 9.36. The lowest BCUT2D eigenvalue weighted by Crippen LogP contribution is -2.39. The van der Waals surface area contributed by atoms with Gasteiger partial charge in [-0.2, -0.15) is 0 Å². The second-order valence-corrected chi connectivity index (χ2v) is 10.2. The molecule has 0 saturated heterocycles. The van der Waals surface area contributed by atoms with Crippen LogP contribution in [-0.2, 0) is 19.3 Å². The van der Waals surface area contributed by atoms with Crippen molar-refractivity contribution >= 4 is 39.0 Å². The Morgan fingerprint density at radius 3 is 2.80 bits per heavy atom. The Labute approximate surface area is 187 Å². The molecule has 30 heavy (non-hydrogen) atoms. The van der Waals surface area contributed by atoms with Gasteiger partial charge in [-0.15, -0.1) is 11.3 Å². The molecule has 0 spiro atoms. The lowest BCUT2D eigenvalue weighted by atomic mass is 9.90. The smallest absolute Gasteiger partial charge is 0.138 e. The third-order valence-corrected chi connectivity index (χ3v) is 8.42. The van der Waals surface area contributed by atoms with Gasteiger partial charge in [0.05, 0.1) is 5.39 Å². The Balaban J connectivity index is 1.18. The summed E-state index contributed by atoms with van der Waals surface area (Å²) in [5, 5.41) is 5.97. The van der Waals surface area contributed by atoms with E-state index in [0.29, 0.717) is 12.1 Å². The summed E-state index contributed by atoms with van der Waals surface area (Å²) < 4.78 is 0. The molecule has 0 aliphatic heterocycles. The summed E-state index contributed by atoms with van der Waals surface area (Å²) in [7, 11) is 2.26. The summed E-state index contributed by atoms with van der Waals surface area (Å²) in [5.41, 5.74) is 2.75. The van der Waals surface area contributed by atoms with E-state index in [0.717, 1.165) is 28.6 Å². The normalized spacial score (nSPS) is 21.3. The number of fused-ring (bicyclic) bond motifs is 3. The highest BCUT2D eigenvalue weighted by Gasteiger charge is 2.26. The molecule has 1 fully saturated rings. The third kappa shape index (κ3) is 4.08. The first-order valence-electron chi connectivity index (χ1n) is 11.1. The fourth-order valence-corrected chi connectivity index (χ4v) is 6.53. The topological polar surface area (TPSA) is 41.0 Å². The molecule has 0 bridgehead atoms. The van der Waals surface area contributed by atoms with Crippen LogP contribution in [0.25, 0.3) is 10.2 Å². The van der Waals surface area contributed by atoms with Gasteiger partial charge >= 0.3 is 0 Å². The fourth-order valence-electron chi connectivity index (χ4n) is 5.07. The summed E-state index contributed by atoms with van der Waals surface area (Å²) in [6.45, 7) is 1.06. The molecule has 2 aromatic heterocycles. The van der Waals surface area contributed by atoms with Gasteiger partial charge in [-0.05, 0) is 75.6 Å². The highest BCUT2D eigenvalue weighted by atomic mass is 35.5. The van der Waals surface area contributed by atoms with Crippen LogP contribution in [0.1, 0.15) is 48.1 Å². The Morgan fingerprint density at radius 1 is 1.13 bits per heavy atom. The lowest BCUT2D eigenvalue weighted by molar-refractivity contribution is 0.188. The lowest BCUT2D eigenvalue weighted by Gasteiger charge is -2.35. The van der Waals surface area contributed by atoms with Crippen LogP contribution in [0, 0.1) is 0 Å². The first-order chi connectivity index (χ1) is 14.7. The van der Waals surface area contributed by atoms with Crippen molar-refractivity contribution in [3.8, 4) is 0 Å². The van der Waals surface area contributed by atoms with E-state index in [9.17, 15) is 0 Å². The molecule has 158 valence electrons. The third-order valence-electron chi connectivity index (χ3n) is 6.85. The predicted octanol–water partition coefficient (Wildman–Crippen LogP) is 5.73. The molecule has 0 unspecified atom stereocenters. The second kappa shape index (κ2) is 8.81. The molecule has 3 aromatic rings. The average molecular weight is 441 g/mol. The van der Waals surface area contributed by atoms with Crippen LogP contribution in [0.2, 0.25) is 5.02 Å². The number of aromatic nitrogens is 2. The van der Waals surface area contributed by atoms with Crippen molar-refractivity contribution in [3.05, 3.63) is 51.6 Å². The molecule has 6 heteroatoms. The number of anilines is 1. The van der Waals surface area contributed by atoms with Crippen LogP contribution in [0.3, 0.4) is 0 Å². The van der Waals surface area contributed by atoms with Crippen LogP contribution in [0.5, 0.6) is 0 Å². The van der Waals surface area contributed by atoms with E-state index < -0.39 is 0 Å². The molecule has 0 radical (unpaired) electrons. The van der Waals surface area contributed by atoms with Gasteiger partial charge in [-0.25, -0.2) is 9.97 Å². The molecule has 1 aromatic carbocycles. The van der Waals surface area contributed by atoms with Crippen molar-refractivity contribution in [2.45, 2.75) is 63.5 Å². The predicted molar refractivity (Wildman–Crippen MR) is 127 cm³/mol. The number of rotatable bonds is 6. The van der Waals surface area contributed by atoms with E-state index in [1.807, 2.05) is 23.5 Å². The minimum Gasteiger partial charge on any atom is -0.367 e. The van der Waals surface area contributed by atoms with Gasteiger partial charge in [0.2, 0.25) is 0 Å². The zero-order valence-electron chi connectivity index (χ0n) is 17.5. The second-order valence-electron chi connectivity index (χ2n) is 8.73. The van der Waals surface area contributed by atoms with E-state index >= 15 is 0 Å². The average Bonchev–Trinajstić information content (AvgIpc) is 3.35. The number of hydrogen-bond acceptors (Lipinski definition) is 5. The Kier molecular flexibility index (Phi) is 5.94. The quantitative estimate of drug-likeness (QED) is 0.531. The first kappa shape index (κ1) is 20.2. The molecule has 2 heterocycles. The SMILES string of the molecule is CN(CCc1ccccc1Cl)[C@H]1CC[C@H](Nc2ncnc3sc4c(c23)CCC4)CC1. The molecule has 0 amide bonds. The fraction of sp³-hybridized carbons (Fsp3) is 0.500. The maximum Gasteiger partial charge on any atom is 0.138 e. The number of nitrogens with one attached hydrogen (secondary N) is 1. The number of hydrogen-bond donors (Lipinski definition) is 1. The van der Waals surface area contributed by atoms with Gasteiger partial charge in [0, 0.05) is 28.5 Å². The highest BCUT2D eigenvalue weighted by molar-refractivity contribution is 7.19. The van der Waals surface area contributed by atoms with E-state index in [4.69, 9.17) is 11.6 Å². The molecule has 4 nitrogen and oxygen atoms in total. The Bertz CT molecular complexity index is 1030. The number of thiophene rings is 1. The minimum absolute atomic E-state index is 0.508. The van der Waals surface area contributed by atoms with Crippen LogP contribution in [0.15, 0.2) is 30.6 Å². The number of nitrogens with zero attached hydrogens (tertiary/aromatic N) is 3. The molecule has 2 aliphatic carbocycles. The number of halogens is 1. The highest BCUT2D eigenvalue weighted by Crippen LogP contribution is 2.39. The number of likely N-dealkylation sites (N-methyl/N-ethyl adjacent to an activating group) is 1.